The van der Waals surface area contributed by atoms with Crippen molar-refractivity contribution < 1.29 is 36.4 Å². The van der Waals surface area contributed by atoms with Gasteiger partial charge in [0.1, 0.15) is 5.56 Å². The molecule has 1 heterocycles. The molecule has 0 aliphatic rings. The van der Waals surface area contributed by atoms with Crippen molar-refractivity contribution in [1.29, 1.82) is 0 Å². The maximum Gasteiger partial charge on any atom is 0.573 e. The Morgan fingerprint density at radius 3 is 2.37 bits per heavy atom. The number of hydrogen-bond acceptors (Lipinski definition) is 5. The van der Waals surface area contributed by atoms with Gasteiger partial charge in [0.25, 0.3) is 6.43 Å². The van der Waals surface area contributed by atoms with Crippen LogP contribution in [0.5, 0.6) is 5.75 Å². The SMILES string of the molecule is O=Cc1cnc(C(F)F)c(OC(F)(F)F)c1[N+](=O)[O-]. The molecule has 0 fully saturated rings. The zero-order valence-corrected chi connectivity index (χ0v) is 8.65. The summed E-state index contributed by atoms with van der Waals surface area (Å²) in [5, 5.41) is 10.6. The van der Waals surface area contributed by atoms with Crippen LogP contribution in [0.15, 0.2) is 6.20 Å². The van der Waals surface area contributed by atoms with Crippen molar-refractivity contribution in [3.8, 4) is 5.75 Å². The van der Waals surface area contributed by atoms with Crippen LogP contribution >= 0.6 is 0 Å². The van der Waals surface area contributed by atoms with Gasteiger partial charge in [0, 0.05) is 6.20 Å². The van der Waals surface area contributed by atoms with Crippen molar-refractivity contribution in [1.82, 2.24) is 4.98 Å². The third kappa shape index (κ3) is 3.33. The topological polar surface area (TPSA) is 82.3 Å². The van der Waals surface area contributed by atoms with Crippen LogP contribution in [0.4, 0.5) is 27.6 Å². The summed E-state index contributed by atoms with van der Waals surface area (Å²) in [4.78, 5) is 22.5. The minimum atomic E-state index is -5.45. The highest BCUT2D eigenvalue weighted by atomic mass is 19.4. The molecule has 1 aromatic heterocycles. The molecule has 0 spiro atoms. The molecule has 0 N–H and O–H groups in total. The minimum absolute atomic E-state index is 0.191. The average Bonchev–Trinajstić information content (AvgIpc) is 2.25. The van der Waals surface area contributed by atoms with Crippen LogP contribution in [0.1, 0.15) is 22.5 Å². The second-order valence-electron chi connectivity index (χ2n) is 3.00. The third-order valence-electron chi connectivity index (χ3n) is 1.80. The number of nitro groups is 1. The Balaban J connectivity index is 3.58. The number of halogens is 5. The highest BCUT2D eigenvalue weighted by molar-refractivity contribution is 5.83. The van der Waals surface area contributed by atoms with E-state index in [4.69, 9.17) is 0 Å². The summed E-state index contributed by atoms with van der Waals surface area (Å²) in [6.45, 7) is 0. The lowest BCUT2D eigenvalue weighted by molar-refractivity contribution is -0.389. The molecule has 104 valence electrons. The fourth-order valence-corrected chi connectivity index (χ4v) is 1.16. The number of pyridine rings is 1. The number of carbonyl (C=O) groups is 1. The van der Waals surface area contributed by atoms with Gasteiger partial charge >= 0.3 is 12.0 Å². The van der Waals surface area contributed by atoms with Gasteiger partial charge in [-0.05, 0) is 0 Å². The first kappa shape index (κ1) is 14.7. The second kappa shape index (κ2) is 5.12. The fraction of sp³-hybridized carbons (Fsp3) is 0.250. The van der Waals surface area contributed by atoms with Gasteiger partial charge in [0.15, 0.2) is 12.0 Å². The van der Waals surface area contributed by atoms with Crippen LogP contribution < -0.4 is 4.74 Å². The standard InChI is InChI=1S/C8H3F5N2O4/c9-7(10)4-6(19-8(11,12)13)5(15(17)18)3(2-16)1-14-4/h1-2,7H. The van der Waals surface area contributed by atoms with Crippen molar-refractivity contribution in [3.63, 3.8) is 0 Å². The predicted octanol–water partition coefficient (Wildman–Crippen LogP) is 2.64. The quantitative estimate of drug-likeness (QED) is 0.368. The van der Waals surface area contributed by atoms with Crippen molar-refractivity contribution in [2.24, 2.45) is 0 Å². The number of ether oxygens (including phenoxy) is 1. The molecule has 6 nitrogen and oxygen atoms in total. The molecule has 0 aliphatic heterocycles. The number of carbonyl (C=O) groups excluding carboxylic acids is 1. The summed E-state index contributed by atoms with van der Waals surface area (Å²) in [5.41, 5.74) is -4.00. The van der Waals surface area contributed by atoms with Gasteiger partial charge in [-0.1, -0.05) is 0 Å². The molecule has 0 unspecified atom stereocenters. The second-order valence-corrected chi connectivity index (χ2v) is 3.00. The summed E-state index contributed by atoms with van der Waals surface area (Å²) < 4.78 is 64.3. The molecule has 1 aromatic rings. The summed E-state index contributed by atoms with van der Waals surface area (Å²) in [7, 11) is 0. The number of aromatic nitrogens is 1. The van der Waals surface area contributed by atoms with Crippen LogP contribution in [-0.4, -0.2) is 22.6 Å². The summed E-state index contributed by atoms with van der Waals surface area (Å²) in [6.07, 6.45) is -8.81. The van der Waals surface area contributed by atoms with E-state index < -0.39 is 40.4 Å². The molecule has 1 rings (SSSR count). The number of rotatable bonds is 4. The summed E-state index contributed by atoms with van der Waals surface area (Å²) in [6, 6.07) is 0. The van der Waals surface area contributed by atoms with E-state index in [1.165, 1.54) is 0 Å². The molecule has 11 heteroatoms. The Hall–Kier alpha value is -2.33. The van der Waals surface area contributed by atoms with Crippen LogP contribution in [-0.2, 0) is 0 Å². The van der Waals surface area contributed by atoms with Gasteiger partial charge in [-0.3, -0.25) is 19.9 Å². The Morgan fingerprint density at radius 2 is 2.00 bits per heavy atom. The lowest BCUT2D eigenvalue weighted by atomic mass is 10.2. The first-order chi connectivity index (χ1) is 8.67. The number of hydrogen-bond donors (Lipinski definition) is 0. The average molecular weight is 286 g/mol. The minimum Gasteiger partial charge on any atom is -0.396 e. The van der Waals surface area contributed by atoms with Crippen LogP contribution in [0, 0.1) is 10.1 Å². The highest BCUT2D eigenvalue weighted by Crippen LogP contribution is 2.40. The monoisotopic (exact) mass is 286 g/mol. The molecule has 0 saturated carbocycles. The summed E-state index contributed by atoms with van der Waals surface area (Å²) >= 11 is 0. The maximum absolute atomic E-state index is 12.5. The van der Waals surface area contributed by atoms with Gasteiger partial charge < -0.3 is 4.74 Å². The van der Waals surface area contributed by atoms with E-state index in [1.54, 1.807) is 0 Å². The first-order valence-electron chi connectivity index (χ1n) is 4.33. The van der Waals surface area contributed by atoms with E-state index in [0.29, 0.717) is 6.20 Å². The van der Waals surface area contributed by atoms with E-state index in [9.17, 15) is 36.9 Å². The predicted molar refractivity (Wildman–Crippen MR) is 47.9 cm³/mol. The lowest BCUT2D eigenvalue weighted by Gasteiger charge is -2.12. The lowest BCUT2D eigenvalue weighted by Crippen LogP contribution is -2.20. The molecule has 0 aromatic carbocycles. The smallest absolute Gasteiger partial charge is 0.396 e. The molecule has 0 aliphatic carbocycles. The van der Waals surface area contributed by atoms with Gasteiger partial charge in [-0.25, -0.2) is 8.78 Å². The van der Waals surface area contributed by atoms with Gasteiger partial charge in [-0.2, -0.15) is 0 Å². The molecular formula is C8H3F5N2O4. The first-order valence-corrected chi connectivity index (χ1v) is 4.33. The van der Waals surface area contributed by atoms with E-state index in [0.717, 1.165) is 0 Å². The Labute approximate surface area is 101 Å². The van der Waals surface area contributed by atoms with Gasteiger partial charge in [0.2, 0.25) is 5.75 Å². The van der Waals surface area contributed by atoms with Gasteiger partial charge in [0.05, 0.1) is 4.92 Å². The normalized spacial score (nSPS) is 11.5. The van der Waals surface area contributed by atoms with Crippen LogP contribution in [0.3, 0.4) is 0 Å². The Bertz CT molecular complexity index is 517. The fourth-order valence-electron chi connectivity index (χ4n) is 1.16. The molecule has 0 bridgehead atoms. The number of nitrogens with zero attached hydrogens (tertiary/aromatic N) is 2. The number of alkyl halides is 5. The maximum atomic E-state index is 12.5. The zero-order valence-electron chi connectivity index (χ0n) is 8.65. The molecule has 19 heavy (non-hydrogen) atoms. The van der Waals surface area contributed by atoms with Crippen LogP contribution in [0.25, 0.3) is 0 Å². The van der Waals surface area contributed by atoms with E-state index in [-0.39, 0.29) is 6.29 Å². The molecule has 0 amide bonds. The molecule has 0 radical (unpaired) electrons. The van der Waals surface area contributed by atoms with Crippen LogP contribution in [0.2, 0.25) is 0 Å². The van der Waals surface area contributed by atoms with Crippen molar-refractivity contribution in [3.05, 3.63) is 27.6 Å². The molecule has 0 atom stereocenters. The number of aldehydes is 1. The summed E-state index contributed by atoms with van der Waals surface area (Å²) in [5.74, 6) is -1.79. The van der Waals surface area contributed by atoms with Crippen molar-refractivity contribution in [2.45, 2.75) is 12.8 Å². The Kier molecular flexibility index (Phi) is 3.97. The van der Waals surface area contributed by atoms with Crippen molar-refractivity contribution >= 4 is 12.0 Å². The molecular weight excluding hydrogens is 283 g/mol. The van der Waals surface area contributed by atoms with E-state index in [1.807, 2.05) is 0 Å². The molecule has 0 saturated heterocycles. The largest absolute Gasteiger partial charge is 0.573 e. The third-order valence-corrected chi connectivity index (χ3v) is 1.80. The van der Waals surface area contributed by atoms with Crippen molar-refractivity contribution in [2.75, 3.05) is 0 Å². The van der Waals surface area contributed by atoms with Gasteiger partial charge in [-0.15, -0.1) is 13.2 Å². The Morgan fingerprint density at radius 1 is 1.42 bits per heavy atom. The highest BCUT2D eigenvalue weighted by Gasteiger charge is 2.39. The van der Waals surface area contributed by atoms with E-state index in [2.05, 4.69) is 9.72 Å². The van der Waals surface area contributed by atoms with E-state index >= 15 is 0 Å². The zero-order chi connectivity index (χ0) is 14.8.